The van der Waals surface area contributed by atoms with Crippen molar-refractivity contribution in [3.8, 4) is 0 Å². The minimum Gasteiger partial charge on any atom is -0.465 e. The molecule has 0 aliphatic carbocycles. The molecule has 0 saturated heterocycles. The maximum atomic E-state index is 13.4. The highest BCUT2D eigenvalue weighted by Gasteiger charge is 2.50. The van der Waals surface area contributed by atoms with E-state index in [1.165, 1.54) is 18.4 Å². The van der Waals surface area contributed by atoms with Gasteiger partial charge in [0.2, 0.25) is 0 Å². The Kier molecular flexibility index (Phi) is 5.69. The number of rotatable bonds is 6. The molecule has 3 aromatic rings. The first-order chi connectivity index (χ1) is 14.8. The molecule has 1 aliphatic heterocycles. The fourth-order valence-corrected chi connectivity index (χ4v) is 4.22. The van der Waals surface area contributed by atoms with Crippen LogP contribution in [0.25, 0.3) is 6.08 Å². The summed E-state index contributed by atoms with van der Waals surface area (Å²) in [5.74, 6) is -0.342. The van der Waals surface area contributed by atoms with Crippen molar-refractivity contribution in [3.63, 3.8) is 0 Å². The minimum absolute atomic E-state index is 0.319. The third kappa shape index (κ3) is 4.13. The summed E-state index contributed by atoms with van der Waals surface area (Å²) in [5.41, 5.74) is 2.26. The zero-order chi connectivity index (χ0) is 22.2. The molecule has 0 radical (unpaired) electrons. The van der Waals surface area contributed by atoms with E-state index in [-0.39, 0.29) is 12.2 Å². The molecule has 2 heterocycles. The van der Waals surface area contributed by atoms with Crippen LogP contribution in [-0.4, -0.2) is 16.8 Å². The summed E-state index contributed by atoms with van der Waals surface area (Å²) in [7, 11) is 0. The highest BCUT2D eigenvalue weighted by Crippen LogP contribution is 2.44. The number of aryl methyl sites for hydroxylation is 2. The monoisotopic (exact) mass is 479 g/mol. The molecule has 1 aromatic heterocycles. The first-order valence-electron chi connectivity index (χ1n) is 9.93. The molecular weight excluding hydrogens is 458 g/mol. The lowest BCUT2D eigenvalue weighted by atomic mass is 9.90. The fraction of sp³-hybridized carbons (Fsp3) is 0.200. The molecule has 1 amide bonds. The first-order valence-corrected chi connectivity index (χ1v) is 10.7. The number of carbonyl (C=O) groups is 2. The van der Waals surface area contributed by atoms with Crippen LogP contribution >= 0.6 is 15.9 Å². The number of anilines is 1. The van der Waals surface area contributed by atoms with Crippen LogP contribution in [0.15, 0.2) is 69.8 Å². The molecule has 0 fully saturated rings. The second kappa shape index (κ2) is 8.29. The van der Waals surface area contributed by atoms with E-state index in [1.807, 2.05) is 38.1 Å². The number of ketones is 1. The van der Waals surface area contributed by atoms with Gasteiger partial charge < -0.3 is 14.4 Å². The van der Waals surface area contributed by atoms with Gasteiger partial charge in [0.05, 0.1) is 24.9 Å². The number of furan rings is 1. The smallest absolute Gasteiger partial charge is 0.264 e. The third-order valence-corrected chi connectivity index (χ3v) is 6.03. The molecule has 5 nitrogen and oxygen atoms in total. The fourth-order valence-electron chi connectivity index (χ4n) is 3.86. The number of amides is 1. The summed E-state index contributed by atoms with van der Waals surface area (Å²) >= 11 is 3.42. The second-order valence-electron chi connectivity index (χ2n) is 7.83. The Bertz CT molecular complexity index is 1180. The summed E-state index contributed by atoms with van der Waals surface area (Å²) in [4.78, 5) is 27.6. The number of halogens is 1. The Balaban J connectivity index is 1.67. The van der Waals surface area contributed by atoms with Crippen LogP contribution in [0.5, 0.6) is 0 Å². The molecule has 1 aliphatic rings. The number of hydrogen-bond acceptors (Lipinski definition) is 4. The molecule has 1 atom stereocenters. The number of nitrogens with zero attached hydrogens (tertiary/aromatic N) is 1. The molecule has 1 N–H and O–H groups in total. The quantitative estimate of drug-likeness (QED) is 0.501. The highest BCUT2D eigenvalue weighted by molar-refractivity contribution is 9.10. The zero-order valence-electron chi connectivity index (χ0n) is 17.3. The second-order valence-corrected chi connectivity index (χ2v) is 8.75. The van der Waals surface area contributed by atoms with Crippen molar-refractivity contribution < 1.29 is 19.1 Å². The van der Waals surface area contributed by atoms with E-state index >= 15 is 0 Å². The largest absolute Gasteiger partial charge is 0.465 e. The van der Waals surface area contributed by atoms with Crippen molar-refractivity contribution in [1.29, 1.82) is 0 Å². The number of aliphatic hydroxyl groups is 1. The number of hydrogen-bond donors (Lipinski definition) is 1. The lowest BCUT2D eigenvalue weighted by molar-refractivity contribution is -0.140. The average molecular weight is 480 g/mol. The van der Waals surface area contributed by atoms with Gasteiger partial charge in [-0.3, -0.25) is 9.59 Å². The van der Waals surface area contributed by atoms with Crippen LogP contribution in [0.1, 0.15) is 34.4 Å². The summed E-state index contributed by atoms with van der Waals surface area (Å²) in [5, 5.41) is 11.4. The topological polar surface area (TPSA) is 70.8 Å². The van der Waals surface area contributed by atoms with E-state index in [4.69, 9.17) is 4.42 Å². The van der Waals surface area contributed by atoms with E-state index in [0.717, 1.165) is 21.2 Å². The molecule has 4 rings (SSSR count). The van der Waals surface area contributed by atoms with Gasteiger partial charge in [-0.15, -0.1) is 0 Å². The van der Waals surface area contributed by atoms with Crippen LogP contribution in [-0.2, 0) is 21.7 Å². The lowest BCUT2D eigenvalue weighted by Crippen LogP contribution is -2.41. The summed E-state index contributed by atoms with van der Waals surface area (Å²) in [6.45, 7) is 4.31. The van der Waals surface area contributed by atoms with Gasteiger partial charge in [-0.25, -0.2) is 0 Å². The van der Waals surface area contributed by atoms with E-state index < -0.39 is 11.5 Å². The predicted octanol–water partition coefficient (Wildman–Crippen LogP) is 5.07. The summed E-state index contributed by atoms with van der Waals surface area (Å²) in [6.07, 6.45) is 4.02. The SMILES string of the molecule is Cc1ccc(C)c(CN2C(=O)[C@](O)(CC(=O)/C=C\c3ccco3)c3cc(Br)ccc32)c1. The van der Waals surface area contributed by atoms with Crippen LogP contribution in [0.3, 0.4) is 0 Å². The number of benzene rings is 2. The van der Waals surface area contributed by atoms with Gasteiger partial charge in [-0.1, -0.05) is 39.7 Å². The molecule has 6 heteroatoms. The summed E-state index contributed by atoms with van der Waals surface area (Å²) in [6, 6.07) is 14.8. The molecule has 0 saturated carbocycles. The standard InChI is InChI=1S/C25H22BrNO4/c1-16-5-6-17(2)18(12-16)15-27-23-10-7-19(26)13-22(23)25(30,24(27)29)14-20(28)8-9-21-4-3-11-31-21/h3-13,30H,14-15H2,1-2H3/b9-8-/t25-/m0/s1. The van der Waals surface area contributed by atoms with Crippen molar-refractivity contribution in [1.82, 2.24) is 0 Å². The first kappa shape index (κ1) is 21.3. The van der Waals surface area contributed by atoms with Crippen molar-refractivity contribution in [3.05, 3.63) is 93.4 Å². The Morgan fingerprint density at radius 2 is 2.00 bits per heavy atom. The molecule has 31 heavy (non-hydrogen) atoms. The predicted molar refractivity (Wildman–Crippen MR) is 123 cm³/mol. The van der Waals surface area contributed by atoms with Crippen LogP contribution in [0.4, 0.5) is 5.69 Å². The number of carbonyl (C=O) groups excluding carboxylic acids is 2. The maximum absolute atomic E-state index is 13.4. The Morgan fingerprint density at radius 3 is 2.74 bits per heavy atom. The van der Waals surface area contributed by atoms with Gasteiger partial charge in [0.15, 0.2) is 11.4 Å². The molecule has 0 bridgehead atoms. The van der Waals surface area contributed by atoms with Crippen LogP contribution in [0.2, 0.25) is 0 Å². The van der Waals surface area contributed by atoms with Crippen LogP contribution < -0.4 is 4.90 Å². The van der Waals surface area contributed by atoms with Crippen LogP contribution in [0, 0.1) is 13.8 Å². The Hall–Kier alpha value is -2.96. The Morgan fingerprint density at radius 1 is 1.19 bits per heavy atom. The van der Waals surface area contributed by atoms with Crippen molar-refractivity contribution in [2.24, 2.45) is 0 Å². The van der Waals surface area contributed by atoms with E-state index in [2.05, 4.69) is 15.9 Å². The molecule has 2 aromatic carbocycles. The van der Waals surface area contributed by atoms with Gasteiger partial charge in [-0.05, 0) is 67.5 Å². The number of fused-ring (bicyclic) bond motifs is 1. The maximum Gasteiger partial charge on any atom is 0.264 e. The molecule has 0 unspecified atom stereocenters. The molecule has 158 valence electrons. The zero-order valence-corrected chi connectivity index (χ0v) is 18.8. The molecular formula is C25H22BrNO4. The van der Waals surface area contributed by atoms with E-state index in [0.29, 0.717) is 23.6 Å². The summed E-state index contributed by atoms with van der Waals surface area (Å²) < 4.78 is 5.92. The normalized spacial score (nSPS) is 18.1. The Labute approximate surface area is 189 Å². The highest BCUT2D eigenvalue weighted by atomic mass is 79.9. The molecule has 0 spiro atoms. The van der Waals surface area contributed by atoms with E-state index in [1.54, 1.807) is 29.2 Å². The minimum atomic E-state index is -1.93. The van der Waals surface area contributed by atoms with Crippen molar-refractivity contribution in [2.45, 2.75) is 32.4 Å². The van der Waals surface area contributed by atoms with Gasteiger partial charge in [0.1, 0.15) is 5.76 Å². The third-order valence-electron chi connectivity index (χ3n) is 5.53. The average Bonchev–Trinajstić information content (AvgIpc) is 3.31. The van der Waals surface area contributed by atoms with Gasteiger partial charge in [-0.2, -0.15) is 0 Å². The van der Waals surface area contributed by atoms with Gasteiger partial charge in [0, 0.05) is 10.0 Å². The van der Waals surface area contributed by atoms with Crippen molar-refractivity contribution in [2.75, 3.05) is 4.90 Å². The van der Waals surface area contributed by atoms with E-state index in [9.17, 15) is 14.7 Å². The number of allylic oxidation sites excluding steroid dienone is 1. The van der Waals surface area contributed by atoms with Crippen molar-refractivity contribution >= 4 is 39.4 Å². The van der Waals surface area contributed by atoms with Gasteiger partial charge >= 0.3 is 0 Å². The lowest BCUT2D eigenvalue weighted by Gasteiger charge is -2.23. The van der Waals surface area contributed by atoms with Gasteiger partial charge in [0.25, 0.3) is 5.91 Å².